The molecule has 1 aromatic heterocycles. The normalized spacial score (nSPS) is 10.3. The zero-order valence-electron chi connectivity index (χ0n) is 9.08. The molecule has 2 rings (SSSR count). The first kappa shape index (κ1) is 12.0. The van der Waals surface area contributed by atoms with Crippen LogP contribution in [0.15, 0.2) is 30.3 Å². The van der Waals surface area contributed by atoms with E-state index in [0.717, 1.165) is 5.56 Å². The number of halogens is 2. The molecule has 0 amide bonds. The summed E-state index contributed by atoms with van der Waals surface area (Å²) in [4.78, 5) is 3.98. The van der Waals surface area contributed by atoms with Crippen LogP contribution in [0.5, 0.6) is 11.6 Å². The van der Waals surface area contributed by atoms with Crippen molar-refractivity contribution in [3.8, 4) is 11.6 Å². The summed E-state index contributed by atoms with van der Waals surface area (Å²) in [6, 6.07) is 9.04. The molecule has 5 heteroatoms. The average Bonchev–Trinajstić information content (AvgIpc) is 2.29. The fourth-order valence-corrected chi connectivity index (χ4v) is 1.65. The number of anilines is 1. The van der Waals surface area contributed by atoms with Gasteiger partial charge in [0.2, 0.25) is 5.88 Å². The molecule has 0 radical (unpaired) electrons. The summed E-state index contributed by atoms with van der Waals surface area (Å²) in [6.45, 7) is 2.00. The highest BCUT2D eigenvalue weighted by atomic mass is 35.5. The van der Waals surface area contributed by atoms with E-state index in [9.17, 15) is 0 Å². The number of nitrogens with two attached hydrogens (primary N) is 1. The third-order valence-electron chi connectivity index (χ3n) is 2.16. The van der Waals surface area contributed by atoms with Gasteiger partial charge in [0.15, 0.2) is 0 Å². The molecule has 0 spiro atoms. The fraction of sp³-hybridized carbons (Fsp3) is 0.0833. The number of rotatable bonds is 2. The quantitative estimate of drug-likeness (QED) is 0.893. The van der Waals surface area contributed by atoms with Crippen molar-refractivity contribution in [2.24, 2.45) is 0 Å². The van der Waals surface area contributed by atoms with Crippen LogP contribution in [0.2, 0.25) is 10.0 Å². The van der Waals surface area contributed by atoms with E-state index in [4.69, 9.17) is 33.7 Å². The predicted octanol–water partition coefficient (Wildman–Crippen LogP) is 4.07. The van der Waals surface area contributed by atoms with Crippen molar-refractivity contribution in [3.63, 3.8) is 0 Å². The molecular weight excluding hydrogens is 259 g/mol. The smallest absolute Gasteiger partial charge is 0.240 e. The molecule has 0 saturated heterocycles. The number of aryl methyl sites for hydroxylation is 1. The van der Waals surface area contributed by atoms with Crippen LogP contribution in [-0.4, -0.2) is 4.98 Å². The third-order valence-corrected chi connectivity index (χ3v) is 2.73. The van der Waals surface area contributed by atoms with Crippen LogP contribution < -0.4 is 10.5 Å². The second kappa shape index (κ2) is 4.82. The molecule has 2 N–H and O–H groups in total. The number of pyridine rings is 1. The summed E-state index contributed by atoms with van der Waals surface area (Å²) >= 11 is 11.7. The highest BCUT2D eigenvalue weighted by Crippen LogP contribution is 2.32. The lowest BCUT2D eigenvalue weighted by Crippen LogP contribution is -1.95. The Balaban J connectivity index is 2.30. The van der Waals surface area contributed by atoms with E-state index >= 15 is 0 Å². The van der Waals surface area contributed by atoms with Crippen molar-refractivity contribution >= 4 is 29.0 Å². The van der Waals surface area contributed by atoms with Gasteiger partial charge in [-0.05, 0) is 25.1 Å². The van der Waals surface area contributed by atoms with Gasteiger partial charge in [-0.2, -0.15) is 4.98 Å². The van der Waals surface area contributed by atoms with Gasteiger partial charge < -0.3 is 10.5 Å². The molecule has 0 aliphatic carbocycles. The van der Waals surface area contributed by atoms with Gasteiger partial charge in [-0.3, -0.25) is 0 Å². The van der Waals surface area contributed by atoms with Crippen LogP contribution >= 0.6 is 23.2 Å². The zero-order chi connectivity index (χ0) is 12.4. The summed E-state index contributed by atoms with van der Waals surface area (Å²) in [7, 11) is 0. The van der Waals surface area contributed by atoms with Crippen molar-refractivity contribution in [3.05, 3.63) is 45.9 Å². The molecule has 3 nitrogen and oxygen atoms in total. The second-order valence-electron chi connectivity index (χ2n) is 3.56. The van der Waals surface area contributed by atoms with E-state index in [1.54, 1.807) is 0 Å². The maximum absolute atomic E-state index is 5.96. The van der Waals surface area contributed by atoms with Gasteiger partial charge in [0.1, 0.15) is 16.6 Å². The second-order valence-corrected chi connectivity index (χ2v) is 4.37. The summed E-state index contributed by atoms with van der Waals surface area (Å²) < 4.78 is 5.52. The van der Waals surface area contributed by atoms with E-state index in [1.807, 2.05) is 31.2 Å². The molecule has 0 aliphatic heterocycles. The molecule has 0 bridgehead atoms. The van der Waals surface area contributed by atoms with Crippen LogP contribution in [0.4, 0.5) is 5.82 Å². The van der Waals surface area contributed by atoms with Gasteiger partial charge in [0.25, 0.3) is 0 Å². The maximum Gasteiger partial charge on any atom is 0.240 e. The molecule has 0 aliphatic rings. The number of nitrogen functional groups attached to an aromatic ring is 1. The lowest BCUT2D eigenvalue weighted by atomic mass is 10.2. The standard InChI is InChI=1S/C12H10Cl2N2O/c1-7-2-4-8(5-3-7)17-12-10(14)6-9(13)11(15)16-12/h2-6H,1H3,(H2,15,16). The summed E-state index contributed by atoms with van der Waals surface area (Å²) in [5.74, 6) is 1.09. The lowest BCUT2D eigenvalue weighted by Gasteiger charge is -2.08. The van der Waals surface area contributed by atoms with Crippen molar-refractivity contribution < 1.29 is 4.74 Å². The van der Waals surface area contributed by atoms with Gasteiger partial charge in [-0.15, -0.1) is 0 Å². The molecule has 88 valence electrons. The first-order chi connectivity index (χ1) is 8.06. The molecule has 0 unspecified atom stereocenters. The van der Waals surface area contributed by atoms with Gasteiger partial charge in [-0.1, -0.05) is 40.9 Å². The Morgan fingerprint density at radius 2 is 1.76 bits per heavy atom. The maximum atomic E-state index is 5.96. The van der Waals surface area contributed by atoms with Gasteiger partial charge >= 0.3 is 0 Å². The Labute approximate surface area is 109 Å². The largest absolute Gasteiger partial charge is 0.437 e. The Kier molecular flexibility index (Phi) is 3.41. The van der Waals surface area contributed by atoms with Crippen LogP contribution in [0.25, 0.3) is 0 Å². The molecule has 1 aromatic carbocycles. The predicted molar refractivity (Wildman–Crippen MR) is 69.9 cm³/mol. The molecule has 17 heavy (non-hydrogen) atoms. The number of ether oxygens (including phenoxy) is 1. The minimum atomic E-state index is 0.193. The van der Waals surface area contributed by atoms with E-state index in [1.165, 1.54) is 6.07 Å². The zero-order valence-corrected chi connectivity index (χ0v) is 10.6. The fourth-order valence-electron chi connectivity index (χ4n) is 1.25. The summed E-state index contributed by atoms with van der Waals surface area (Å²) in [6.07, 6.45) is 0. The first-order valence-corrected chi connectivity index (χ1v) is 5.68. The van der Waals surface area contributed by atoms with Crippen LogP contribution in [0.1, 0.15) is 5.56 Å². The molecular formula is C12H10Cl2N2O. The highest BCUT2D eigenvalue weighted by Gasteiger charge is 2.09. The summed E-state index contributed by atoms with van der Waals surface area (Å²) in [5, 5.41) is 0.635. The number of hydrogen-bond acceptors (Lipinski definition) is 3. The Bertz CT molecular complexity index is 541. The first-order valence-electron chi connectivity index (χ1n) is 4.92. The van der Waals surface area contributed by atoms with Crippen molar-refractivity contribution in [2.75, 3.05) is 5.73 Å². The minimum Gasteiger partial charge on any atom is -0.437 e. The minimum absolute atomic E-state index is 0.193. The van der Waals surface area contributed by atoms with Gasteiger partial charge in [-0.25, -0.2) is 0 Å². The lowest BCUT2D eigenvalue weighted by molar-refractivity contribution is 0.464. The Morgan fingerprint density at radius 3 is 2.41 bits per heavy atom. The van der Waals surface area contributed by atoms with E-state index < -0.39 is 0 Å². The number of nitrogens with zero attached hydrogens (tertiary/aromatic N) is 1. The number of hydrogen-bond donors (Lipinski definition) is 1. The average molecular weight is 269 g/mol. The molecule has 1 heterocycles. The van der Waals surface area contributed by atoms with Crippen LogP contribution in [0.3, 0.4) is 0 Å². The van der Waals surface area contributed by atoms with Crippen molar-refractivity contribution in [1.29, 1.82) is 0 Å². The van der Waals surface area contributed by atoms with Gasteiger partial charge in [0, 0.05) is 0 Å². The highest BCUT2D eigenvalue weighted by molar-refractivity contribution is 6.36. The van der Waals surface area contributed by atoms with Crippen LogP contribution in [-0.2, 0) is 0 Å². The SMILES string of the molecule is Cc1ccc(Oc2nc(N)c(Cl)cc2Cl)cc1. The van der Waals surface area contributed by atoms with Crippen LogP contribution in [0, 0.1) is 6.92 Å². The van der Waals surface area contributed by atoms with E-state index in [0.29, 0.717) is 15.8 Å². The monoisotopic (exact) mass is 268 g/mol. The number of aromatic nitrogens is 1. The van der Waals surface area contributed by atoms with E-state index in [-0.39, 0.29) is 11.7 Å². The third kappa shape index (κ3) is 2.81. The summed E-state index contributed by atoms with van der Waals surface area (Å²) in [5.41, 5.74) is 6.73. The Morgan fingerprint density at radius 1 is 1.12 bits per heavy atom. The van der Waals surface area contributed by atoms with E-state index in [2.05, 4.69) is 4.98 Å². The molecule has 0 atom stereocenters. The number of benzene rings is 1. The van der Waals surface area contributed by atoms with Crippen molar-refractivity contribution in [2.45, 2.75) is 6.92 Å². The Hall–Kier alpha value is -1.45. The van der Waals surface area contributed by atoms with Crippen molar-refractivity contribution in [1.82, 2.24) is 4.98 Å². The topological polar surface area (TPSA) is 48.1 Å². The van der Waals surface area contributed by atoms with Gasteiger partial charge in [0.05, 0.1) is 5.02 Å². The molecule has 2 aromatic rings. The molecule has 0 fully saturated rings. The molecule has 0 saturated carbocycles.